The zero-order valence-electron chi connectivity index (χ0n) is 16.1. The van der Waals surface area contributed by atoms with Gasteiger partial charge in [-0.05, 0) is 18.2 Å². The van der Waals surface area contributed by atoms with Gasteiger partial charge in [-0.3, -0.25) is 29.5 Å². The third kappa shape index (κ3) is 2.77. The van der Waals surface area contributed by atoms with Gasteiger partial charge in [-0.25, -0.2) is 4.90 Å². The van der Waals surface area contributed by atoms with Crippen molar-refractivity contribution >= 4 is 35.2 Å². The lowest BCUT2D eigenvalue weighted by Crippen LogP contribution is -2.46. The number of hydrazone groups is 1. The van der Waals surface area contributed by atoms with E-state index in [2.05, 4.69) is 5.10 Å². The molecule has 0 unspecified atom stereocenters. The molecule has 0 spiro atoms. The van der Waals surface area contributed by atoms with Gasteiger partial charge in [0.2, 0.25) is 11.8 Å². The molecule has 0 bridgehead atoms. The van der Waals surface area contributed by atoms with Crippen LogP contribution in [0.1, 0.15) is 10.4 Å². The molecule has 2 amide bonds. The number of non-ortho nitro benzene ring substituents is 1. The number of benzene rings is 2. The van der Waals surface area contributed by atoms with Crippen LogP contribution in [0.2, 0.25) is 0 Å². The summed E-state index contributed by atoms with van der Waals surface area (Å²) in [5, 5.41) is 16.9. The van der Waals surface area contributed by atoms with Crippen LogP contribution in [0.4, 0.5) is 11.4 Å². The predicted octanol–water partition coefficient (Wildman–Crippen LogP) is 2.19. The Kier molecular flexibility index (Phi) is 4.25. The smallest absolute Gasteiger partial charge is 0.270 e. The van der Waals surface area contributed by atoms with Crippen molar-refractivity contribution in [3.05, 3.63) is 82.4 Å². The molecule has 0 saturated carbocycles. The molecule has 2 saturated heterocycles. The lowest BCUT2D eigenvalue weighted by Gasteiger charge is -2.30. The Morgan fingerprint density at radius 2 is 1.74 bits per heavy atom. The molecule has 2 aromatic carbocycles. The highest BCUT2D eigenvalue weighted by Gasteiger charge is 2.64. The number of ketones is 1. The van der Waals surface area contributed by atoms with E-state index in [0.717, 1.165) is 4.90 Å². The molecular formula is C22H16N4O5. The summed E-state index contributed by atoms with van der Waals surface area (Å²) in [5.41, 5.74) is 0.323. The van der Waals surface area contributed by atoms with E-state index < -0.39 is 40.5 Å². The maximum Gasteiger partial charge on any atom is 0.270 e. The minimum Gasteiger partial charge on any atom is -0.292 e. The summed E-state index contributed by atoms with van der Waals surface area (Å²) in [4.78, 5) is 51.9. The fourth-order valence-electron chi connectivity index (χ4n) is 4.61. The third-order valence-corrected chi connectivity index (χ3v) is 5.92. The van der Waals surface area contributed by atoms with Crippen molar-refractivity contribution in [2.24, 2.45) is 16.9 Å². The van der Waals surface area contributed by atoms with Crippen LogP contribution in [-0.4, -0.2) is 45.8 Å². The molecule has 0 aliphatic carbocycles. The Morgan fingerprint density at radius 3 is 2.48 bits per heavy atom. The first kappa shape index (κ1) is 18.9. The van der Waals surface area contributed by atoms with Gasteiger partial charge in [-0.1, -0.05) is 36.4 Å². The van der Waals surface area contributed by atoms with Crippen LogP contribution in [0, 0.1) is 22.0 Å². The zero-order valence-corrected chi connectivity index (χ0v) is 16.1. The number of nitro benzene ring substituents is 1. The third-order valence-electron chi connectivity index (χ3n) is 5.92. The highest BCUT2D eigenvalue weighted by Crippen LogP contribution is 2.46. The molecule has 2 aromatic rings. The standard InChI is InChI=1S/C22H16N4O5/c27-20(13-6-4-9-15(12-13)26(30)31)19-18-17(16-10-5-11-23-25(16)19)21(28)24(22(18)29)14-7-2-1-3-8-14/h1-12,16-19H/t16-,17+,18+,19-/m0/s1. The Bertz CT molecular complexity index is 1180. The van der Waals surface area contributed by atoms with Crippen molar-refractivity contribution in [1.82, 2.24) is 5.01 Å². The van der Waals surface area contributed by atoms with Gasteiger partial charge in [0, 0.05) is 23.9 Å². The van der Waals surface area contributed by atoms with E-state index in [0.29, 0.717) is 5.69 Å². The molecule has 3 aliphatic heterocycles. The van der Waals surface area contributed by atoms with Crippen molar-refractivity contribution in [2.75, 3.05) is 4.90 Å². The van der Waals surface area contributed by atoms with Crippen molar-refractivity contribution in [1.29, 1.82) is 0 Å². The van der Waals surface area contributed by atoms with Crippen molar-refractivity contribution < 1.29 is 19.3 Å². The molecule has 9 nitrogen and oxygen atoms in total. The normalized spacial score (nSPS) is 26.2. The quantitative estimate of drug-likeness (QED) is 0.327. The molecule has 4 atom stereocenters. The van der Waals surface area contributed by atoms with Crippen LogP contribution in [0.25, 0.3) is 0 Å². The Morgan fingerprint density at radius 1 is 1.00 bits per heavy atom. The molecule has 0 aromatic heterocycles. The number of imide groups is 1. The number of carbonyl (C=O) groups excluding carboxylic acids is 3. The molecule has 31 heavy (non-hydrogen) atoms. The molecule has 0 radical (unpaired) electrons. The average Bonchev–Trinajstić information content (AvgIpc) is 3.26. The van der Waals surface area contributed by atoms with E-state index in [1.54, 1.807) is 42.5 Å². The van der Waals surface area contributed by atoms with Gasteiger partial charge in [0.05, 0.1) is 28.5 Å². The van der Waals surface area contributed by atoms with Crippen molar-refractivity contribution in [3.63, 3.8) is 0 Å². The van der Waals surface area contributed by atoms with Gasteiger partial charge in [-0.2, -0.15) is 5.10 Å². The van der Waals surface area contributed by atoms with Crippen molar-refractivity contribution in [3.8, 4) is 0 Å². The van der Waals surface area contributed by atoms with Gasteiger partial charge in [0.1, 0.15) is 6.04 Å². The summed E-state index contributed by atoms with van der Waals surface area (Å²) in [6.45, 7) is 0. The van der Waals surface area contributed by atoms with Crippen molar-refractivity contribution in [2.45, 2.75) is 12.1 Å². The number of hydrogen-bond donors (Lipinski definition) is 0. The summed E-state index contributed by atoms with van der Waals surface area (Å²) < 4.78 is 0. The largest absolute Gasteiger partial charge is 0.292 e. The second kappa shape index (κ2) is 6.98. The fraction of sp³-hybridized carbons (Fsp3) is 0.182. The molecule has 154 valence electrons. The first-order chi connectivity index (χ1) is 15.0. The number of para-hydroxylation sites is 1. The second-order valence-corrected chi connectivity index (χ2v) is 7.54. The first-order valence-electron chi connectivity index (χ1n) is 9.69. The first-order valence-corrected chi connectivity index (χ1v) is 9.69. The summed E-state index contributed by atoms with van der Waals surface area (Å²) in [6.07, 6.45) is 4.93. The summed E-state index contributed by atoms with van der Waals surface area (Å²) in [5.74, 6) is -3.04. The number of hydrogen-bond acceptors (Lipinski definition) is 7. The molecule has 5 rings (SSSR count). The lowest BCUT2D eigenvalue weighted by atomic mass is 9.86. The number of amides is 2. The number of Topliss-reactive ketones (excluding diaryl/α,β-unsaturated/α-hetero) is 1. The van der Waals surface area contributed by atoms with E-state index in [-0.39, 0.29) is 17.2 Å². The number of nitro groups is 1. The highest BCUT2D eigenvalue weighted by atomic mass is 16.6. The molecule has 3 aliphatic rings. The minimum absolute atomic E-state index is 0.0989. The number of anilines is 1. The highest BCUT2D eigenvalue weighted by molar-refractivity contribution is 6.24. The van der Waals surface area contributed by atoms with Gasteiger partial charge < -0.3 is 0 Å². The number of allylic oxidation sites excluding steroid dienone is 1. The van der Waals surface area contributed by atoms with Crippen LogP contribution < -0.4 is 4.90 Å². The summed E-state index contributed by atoms with van der Waals surface area (Å²) in [7, 11) is 0. The summed E-state index contributed by atoms with van der Waals surface area (Å²) >= 11 is 0. The van der Waals surface area contributed by atoms with E-state index in [4.69, 9.17) is 0 Å². The van der Waals surface area contributed by atoms with Gasteiger partial charge in [0.25, 0.3) is 5.69 Å². The zero-order chi connectivity index (χ0) is 21.7. The topological polar surface area (TPSA) is 113 Å². The Balaban J connectivity index is 1.58. The molecule has 3 heterocycles. The van der Waals surface area contributed by atoms with E-state index in [1.807, 2.05) is 0 Å². The summed E-state index contributed by atoms with van der Waals surface area (Å²) in [6, 6.07) is 12.4. The monoisotopic (exact) mass is 416 g/mol. The van der Waals surface area contributed by atoms with Crippen LogP contribution in [-0.2, 0) is 9.59 Å². The van der Waals surface area contributed by atoms with E-state index in [1.165, 1.54) is 35.5 Å². The van der Waals surface area contributed by atoms with Gasteiger partial charge in [0.15, 0.2) is 5.78 Å². The van der Waals surface area contributed by atoms with Crippen LogP contribution in [0.5, 0.6) is 0 Å². The number of rotatable bonds is 4. The van der Waals surface area contributed by atoms with Crippen LogP contribution in [0.3, 0.4) is 0 Å². The molecule has 0 N–H and O–H groups in total. The molecule has 2 fully saturated rings. The average molecular weight is 416 g/mol. The molecular weight excluding hydrogens is 400 g/mol. The Labute approximate surface area is 176 Å². The van der Waals surface area contributed by atoms with Gasteiger partial charge in [-0.15, -0.1) is 0 Å². The van der Waals surface area contributed by atoms with Crippen LogP contribution >= 0.6 is 0 Å². The lowest BCUT2D eigenvalue weighted by molar-refractivity contribution is -0.384. The fourth-order valence-corrected chi connectivity index (χ4v) is 4.61. The SMILES string of the molecule is O=C(c1cccc([N+](=O)[O-])c1)[C@@H]1[C@@H]2C(=O)N(c3ccccc3)C(=O)[C@@H]2[C@@H]2C=CC=NN12. The number of nitrogens with zero attached hydrogens (tertiary/aromatic N) is 4. The maximum absolute atomic E-state index is 13.5. The number of fused-ring (bicyclic) bond motifs is 3. The van der Waals surface area contributed by atoms with E-state index >= 15 is 0 Å². The van der Waals surface area contributed by atoms with Crippen LogP contribution in [0.15, 0.2) is 71.9 Å². The van der Waals surface area contributed by atoms with E-state index in [9.17, 15) is 24.5 Å². The number of carbonyl (C=O) groups is 3. The minimum atomic E-state index is -1.04. The molecule has 9 heteroatoms. The predicted molar refractivity (Wildman–Crippen MR) is 110 cm³/mol. The Hall–Kier alpha value is -4.14. The maximum atomic E-state index is 13.5. The van der Waals surface area contributed by atoms with Gasteiger partial charge >= 0.3 is 0 Å². The second-order valence-electron chi connectivity index (χ2n) is 7.54.